The van der Waals surface area contributed by atoms with E-state index < -0.39 is 23.8 Å². The summed E-state index contributed by atoms with van der Waals surface area (Å²) in [7, 11) is 1.49. The Labute approximate surface area is 139 Å². The number of halogens is 3. The molecule has 1 fully saturated rings. The third-order valence-corrected chi connectivity index (χ3v) is 4.26. The van der Waals surface area contributed by atoms with Crippen molar-refractivity contribution in [2.75, 3.05) is 37.0 Å². The van der Waals surface area contributed by atoms with Gasteiger partial charge in [-0.1, -0.05) is 0 Å². The highest BCUT2D eigenvalue weighted by atomic mass is 19.4. The first-order chi connectivity index (χ1) is 11.2. The maximum Gasteiger partial charge on any atom is 0.416 e. The van der Waals surface area contributed by atoms with Crippen LogP contribution in [0.3, 0.4) is 0 Å². The molecule has 0 radical (unpaired) electrons. The number of nitrogens with zero attached hydrogens (tertiary/aromatic N) is 2. The molecule has 2 N–H and O–H groups in total. The first-order valence-corrected chi connectivity index (χ1v) is 7.85. The molecule has 1 atom stereocenters. The standard InChI is InChI=1S/C16H22F3N3O2/c1-11(10-23)21(2)15(24)20-13-9-12(16(17,18)19)5-6-14(13)22-7-3-4-8-22/h5-6,9,11,23H,3-4,7-8,10H2,1-2H3,(H,20,24). The topological polar surface area (TPSA) is 55.8 Å². The molecule has 1 aromatic carbocycles. The van der Waals surface area contributed by atoms with Gasteiger partial charge >= 0.3 is 12.2 Å². The summed E-state index contributed by atoms with van der Waals surface area (Å²) in [6.45, 7) is 2.91. The van der Waals surface area contributed by atoms with Crippen LogP contribution in [-0.2, 0) is 6.18 Å². The number of hydrogen-bond acceptors (Lipinski definition) is 3. The van der Waals surface area contributed by atoms with Crippen molar-refractivity contribution in [3.05, 3.63) is 23.8 Å². The summed E-state index contributed by atoms with van der Waals surface area (Å²) in [6, 6.07) is 2.40. The number of carbonyl (C=O) groups is 1. The average molecular weight is 345 g/mol. The van der Waals surface area contributed by atoms with Crippen molar-refractivity contribution >= 4 is 17.4 Å². The van der Waals surface area contributed by atoms with Crippen molar-refractivity contribution in [3.8, 4) is 0 Å². The van der Waals surface area contributed by atoms with Crippen LogP contribution in [0.1, 0.15) is 25.3 Å². The highest BCUT2D eigenvalue weighted by molar-refractivity contribution is 5.93. The number of aliphatic hydroxyl groups excluding tert-OH is 1. The zero-order chi connectivity index (χ0) is 17.9. The van der Waals surface area contributed by atoms with Gasteiger partial charge in [0.15, 0.2) is 0 Å². The van der Waals surface area contributed by atoms with Gasteiger partial charge in [0.25, 0.3) is 0 Å². The van der Waals surface area contributed by atoms with E-state index in [1.807, 2.05) is 4.90 Å². The molecule has 2 amide bonds. The highest BCUT2D eigenvalue weighted by Crippen LogP contribution is 2.36. The van der Waals surface area contributed by atoms with Crippen molar-refractivity contribution in [2.24, 2.45) is 0 Å². The Hall–Kier alpha value is -1.96. The Bertz CT molecular complexity index is 586. The number of amides is 2. The van der Waals surface area contributed by atoms with E-state index in [1.54, 1.807) is 6.92 Å². The van der Waals surface area contributed by atoms with Crippen LogP contribution in [-0.4, -0.2) is 48.8 Å². The molecule has 1 aliphatic heterocycles. The Kier molecular flexibility index (Phi) is 5.58. The minimum absolute atomic E-state index is 0.133. The molecule has 5 nitrogen and oxygen atoms in total. The second-order valence-electron chi connectivity index (χ2n) is 6.00. The van der Waals surface area contributed by atoms with E-state index in [2.05, 4.69) is 5.32 Å². The van der Waals surface area contributed by atoms with Gasteiger partial charge in [-0.15, -0.1) is 0 Å². The summed E-state index contributed by atoms with van der Waals surface area (Å²) >= 11 is 0. The number of likely N-dealkylation sites (N-methyl/N-ethyl adjacent to an activating group) is 1. The third kappa shape index (κ3) is 4.11. The largest absolute Gasteiger partial charge is 0.416 e. The predicted octanol–water partition coefficient (Wildman–Crippen LogP) is 3.15. The molecule has 24 heavy (non-hydrogen) atoms. The monoisotopic (exact) mass is 345 g/mol. The minimum Gasteiger partial charge on any atom is -0.394 e. The Morgan fingerprint density at radius 3 is 2.54 bits per heavy atom. The number of aliphatic hydroxyl groups is 1. The van der Waals surface area contributed by atoms with Gasteiger partial charge in [0.1, 0.15) is 0 Å². The maximum atomic E-state index is 13.0. The molecule has 0 bridgehead atoms. The van der Waals surface area contributed by atoms with Crippen LogP contribution < -0.4 is 10.2 Å². The third-order valence-electron chi connectivity index (χ3n) is 4.26. The maximum absolute atomic E-state index is 13.0. The van der Waals surface area contributed by atoms with Crippen molar-refractivity contribution in [1.82, 2.24) is 4.90 Å². The van der Waals surface area contributed by atoms with Gasteiger partial charge in [0.05, 0.1) is 29.6 Å². The summed E-state index contributed by atoms with van der Waals surface area (Å²) in [4.78, 5) is 15.5. The molecule has 0 saturated carbocycles. The van der Waals surface area contributed by atoms with Gasteiger partial charge in [0.2, 0.25) is 0 Å². The van der Waals surface area contributed by atoms with Crippen LogP contribution in [0.4, 0.5) is 29.3 Å². The number of urea groups is 1. The lowest BCUT2D eigenvalue weighted by molar-refractivity contribution is -0.137. The van der Waals surface area contributed by atoms with Crippen LogP contribution in [0.5, 0.6) is 0 Å². The second-order valence-corrected chi connectivity index (χ2v) is 6.00. The van der Waals surface area contributed by atoms with Gasteiger partial charge in [-0.2, -0.15) is 13.2 Å². The normalized spacial score (nSPS) is 16.2. The van der Waals surface area contributed by atoms with Crippen molar-refractivity contribution in [1.29, 1.82) is 0 Å². The molecule has 0 spiro atoms. The van der Waals surface area contributed by atoms with Gasteiger partial charge in [-0.3, -0.25) is 0 Å². The fourth-order valence-electron chi connectivity index (χ4n) is 2.57. The van der Waals surface area contributed by atoms with E-state index in [0.717, 1.165) is 38.1 Å². The Morgan fingerprint density at radius 1 is 1.38 bits per heavy atom. The number of hydrogen-bond donors (Lipinski definition) is 2. The number of anilines is 2. The van der Waals surface area contributed by atoms with E-state index >= 15 is 0 Å². The molecule has 2 rings (SSSR count). The number of carbonyl (C=O) groups excluding carboxylic acids is 1. The molecule has 1 aromatic rings. The number of nitrogens with one attached hydrogen (secondary N) is 1. The van der Waals surface area contributed by atoms with Crippen molar-refractivity contribution < 1.29 is 23.1 Å². The quantitative estimate of drug-likeness (QED) is 0.881. The van der Waals surface area contributed by atoms with E-state index in [0.29, 0.717) is 5.69 Å². The molecule has 0 aromatic heterocycles. The first-order valence-electron chi connectivity index (χ1n) is 7.85. The van der Waals surface area contributed by atoms with Crippen LogP contribution in [0, 0.1) is 0 Å². The van der Waals surface area contributed by atoms with Crippen LogP contribution in [0.25, 0.3) is 0 Å². The van der Waals surface area contributed by atoms with E-state index in [1.165, 1.54) is 18.0 Å². The zero-order valence-corrected chi connectivity index (χ0v) is 13.7. The number of rotatable bonds is 4. The SMILES string of the molecule is CC(CO)N(C)C(=O)Nc1cc(C(F)(F)F)ccc1N1CCCC1. The van der Waals surface area contributed by atoms with Crippen molar-refractivity contribution in [2.45, 2.75) is 32.0 Å². The number of alkyl halides is 3. The van der Waals surface area contributed by atoms with Gasteiger partial charge in [0, 0.05) is 20.1 Å². The molecule has 1 heterocycles. The lowest BCUT2D eigenvalue weighted by Crippen LogP contribution is -2.40. The molecule has 8 heteroatoms. The number of benzene rings is 1. The van der Waals surface area contributed by atoms with Gasteiger partial charge in [-0.25, -0.2) is 4.79 Å². The summed E-state index contributed by atoms with van der Waals surface area (Å²) < 4.78 is 39.0. The molecule has 1 unspecified atom stereocenters. The van der Waals surface area contributed by atoms with Crippen LogP contribution in [0.2, 0.25) is 0 Å². The van der Waals surface area contributed by atoms with E-state index in [4.69, 9.17) is 5.11 Å². The fraction of sp³-hybridized carbons (Fsp3) is 0.562. The van der Waals surface area contributed by atoms with Crippen LogP contribution >= 0.6 is 0 Å². The van der Waals surface area contributed by atoms with Crippen LogP contribution in [0.15, 0.2) is 18.2 Å². The summed E-state index contributed by atoms with van der Waals surface area (Å²) in [6.07, 6.45) is -2.54. The molecular weight excluding hydrogens is 323 g/mol. The first kappa shape index (κ1) is 18.4. The fourth-order valence-corrected chi connectivity index (χ4v) is 2.57. The molecular formula is C16H22F3N3O2. The minimum atomic E-state index is -4.48. The summed E-state index contributed by atoms with van der Waals surface area (Å²) in [5.41, 5.74) is -0.0915. The van der Waals surface area contributed by atoms with Gasteiger partial charge in [-0.05, 0) is 38.0 Å². The smallest absolute Gasteiger partial charge is 0.394 e. The van der Waals surface area contributed by atoms with E-state index in [-0.39, 0.29) is 12.3 Å². The summed E-state index contributed by atoms with van der Waals surface area (Å²) in [5, 5.41) is 11.7. The molecule has 134 valence electrons. The van der Waals surface area contributed by atoms with E-state index in [9.17, 15) is 18.0 Å². The summed E-state index contributed by atoms with van der Waals surface area (Å²) in [5.74, 6) is 0. The molecule has 1 saturated heterocycles. The predicted molar refractivity (Wildman–Crippen MR) is 86.2 cm³/mol. The Balaban J connectivity index is 2.31. The van der Waals surface area contributed by atoms with Crippen molar-refractivity contribution in [3.63, 3.8) is 0 Å². The average Bonchev–Trinajstić information content (AvgIpc) is 3.06. The lowest BCUT2D eigenvalue weighted by atomic mass is 10.1. The van der Waals surface area contributed by atoms with Gasteiger partial charge < -0.3 is 20.2 Å². The zero-order valence-electron chi connectivity index (χ0n) is 13.7. The second kappa shape index (κ2) is 7.29. The molecule has 0 aliphatic carbocycles. The highest BCUT2D eigenvalue weighted by Gasteiger charge is 2.32. The molecule has 1 aliphatic rings. The Morgan fingerprint density at radius 2 is 2.00 bits per heavy atom. The lowest BCUT2D eigenvalue weighted by Gasteiger charge is -2.27.